The molecule has 0 bridgehead atoms. The number of amides is 3. The molecule has 0 spiro atoms. The number of hydrogen-bond acceptors (Lipinski definition) is 7. The Morgan fingerprint density at radius 3 is 1.97 bits per heavy atom. The summed E-state index contributed by atoms with van der Waals surface area (Å²) in [5, 5.41) is 18.7. The second-order valence-electron chi connectivity index (χ2n) is 7.27. The molecule has 2 aromatic carbocycles. The van der Waals surface area contributed by atoms with Crippen molar-refractivity contribution < 1.29 is 29.0 Å². The Bertz CT molecular complexity index is 1270. The smallest absolute Gasteiger partial charge is 0.263 e. The number of hydrogen-bond donors (Lipinski definition) is 4. The Balaban J connectivity index is 1.43. The monoisotopic (exact) mass is 516 g/mol. The summed E-state index contributed by atoms with van der Waals surface area (Å²) in [5.41, 5.74) is 0.0432. The molecule has 1 aromatic heterocycles. The molecule has 0 radical (unpaired) electrons. The fraction of sp³-hybridized carbons (Fsp3) is 0.130. The molecular formula is C23H18Cl2N4O6. The predicted molar refractivity (Wildman–Crippen MR) is 128 cm³/mol. The normalized spacial score (nSPS) is 14.0. The molecule has 4 rings (SSSR count). The zero-order valence-corrected chi connectivity index (χ0v) is 19.4. The van der Waals surface area contributed by atoms with Crippen molar-refractivity contribution in [3.63, 3.8) is 0 Å². The van der Waals surface area contributed by atoms with Gasteiger partial charge in [-0.05, 0) is 48.5 Å². The van der Waals surface area contributed by atoms with Crippen LogP contribution in [0.15, 0.2) is 54.7 Å². The van der Waals surface area contributed by atoms with Gasteiger partial charge in [0.1, 0.15) is 17.3 Å². The number of carbonyl (C=O) groups is 3. The lowest BCUT2D eigenvalue weighted by Crippen LogP contribution is -2.24. The van der Waals surface area contributed by atoms with Gasteiger partial charge in [0.05, 0.1) is 23.0 Å². The quantitative estimate of drug-likeness (QED) is 0.360. The second-order valence-corrected chi connectivity index (χ2v) is 8.14. The number of benzene rings is 2. The van der Waals surface area contributed by atoms with Gasteiger partial charge in [0.2, 0.25) is 0 Å². The van der Waals surface area contributed by atoms with E-state index in [1.807, 2.05) is 0 Å². The number of pyridine rings is 1. The molecule has 10 nitrogen and oxygen atoms in total. The number of carbonyl (C=O) groups excluding carboxylic acids is 3. The number of nitrogens with one attached hydrogen (secondary N) is 3. The molecule has 3 amide bonds. The van der Waals surface area contributed by atoms with Gasteiger partial charge < -0.3 is 30.5 Å². The number of halogens is 2. The zero-order chi connectivity index (χ0) is 24.9. The van der Waals surface area contributed by atoms with Crippen LogP contribution in [0.5, 0.6) is 11.5 Å². The van der Waals surface area contributed by atoms with E-state index in [1.165, 1.54) is 6.20 Å². The Labute approximate surface area is 209 Å². The summed E-state index contributed by atoms with van der Waals surface area (Å²) in [5.74, 6) is -0.971. The minimum Gasteiger partial charge on any atom is -0.484 e. The first-order valence-corrected chi connectivity index (χ1v) is 10.9. The molecule has 1 unspecified atom stereocenters. The molecule has 0 saturated heterocycles. The van der Waals surface area contributed by atoms with Gasteiger partial charge in [-0.3, -0.25) is 14.4 Å². The first-order valence-electron chi connectivity index (χ1n) is 10.2. The SMILES string of the molecule is O=C(COc1ccc(Cl)cc1)Nc1cnc(NC(=O)COc2ccc(Cl)cc2)c2c1C(=O)NC2O. The van der Waals surface area contributed by atoms with Crippen LogP contribution in [0.3, 0.4) is 0 Å². The van der Waals surface area contributed by atoms with Crippen LogP contribution in [0.2, 0.25) is 10.0 Å². The summed E-state index contributed by atoms with van der Waals surface area (Å²) in [6.45, 7) is -0.697. The molecule has 4 N–H and O–H groups in total. The highest BCUT2D eigenvalue weighted by atomic mass is 35.5. The van der Waals surface area contributed by atoms with Gasteiger partial charge >= 0.3 is 0 Å². The van der Waals surface area contributed by atoms with Crippen LogP contribution in [0.1, 0.15) is 22.1 Å². The number of aromatic nitrogens is 1. The van der Waals surface area contributed by atoms with E-state index in [0.29, 0.717) is 21.5 Å². The van der Waals surface area contributed by atoms with E-state index in [1.54, 1.807) is 48.5 Å². The molecule has 35 heavy (non-hydrogen) atoms. The van der Waals surface area contributed by atoms with Gasteiger partial charge in [0.25, 0.3) is 17.7 Å². The first-order chi connectivity index (χ1) is 16.8. The maximum Gasteiger partial charge on any atom is 0.263 e. The van der Waals surface area contributed by atoms with Gasteiger partial charge in [-0.2, -0.15) is 0 Å². The number of ether oxygens (including phenoxy) is 2. The molecule has 0 aliphatic carbocycles. The van der Waals surface area contributed by atoms with E-state index in [4.69, 9.17) is 32.7 Å². The van der Waals surface area contributed by atoms with Crippen molar-refractivity contribution in [3.05, 3.63) is 75.9 Å². The third kappa shape index (κ3) is 5.99. The minimum absolute atomic E-state index is 0.0197. The van der Waals surface area contributed by atoms with Gasteiger partial charge in [-0.15, -0.1) is 0 Å². The van der Waals surface area contributed by atoms with E-state index in [9.17, 15) is 19.5 Å². The third-order valence-corrected chi connectivity index (χ3v) is 5.29. The number of nitrogens with zero attached hydrogens (tertiary/aromatic N) is 1. The number of fused-ring (bicyclic) bond motifs is 1. The van der Waals surface area contributed by atoms with Crippen molar-refractivity contribution in [2.24, 2.45) is 0 Å². The summed E-state index contributed by atoms with van der Waals surface area (Å²) < 4.78 is 10.8. The standard InChI is InChI=1S/C23H18Cl2N4O6/c24-12-1-5-14(6-2-12)34-10-17(30)27-16-9-26-21(20-19(16)22(32)29-23(20)33)28-18(31)11-35-15-7-3-13(25)4-8-15/h1-9,23,33H,10-11H2,(H,27,30)(H,29,32)(H,26,28,31). The largest absolute Gasteiger partial charge is 0.484 e. The average molecular weight is 517 g/mol. The van der Waals surface area contributed by atoms with E-state index < -0.39 is 23.9 Å². The van der Waals surface area contributed by atoms with Crippen LogP contribution in [-0.2, 0) is 9.59 Å². The van der Waals surface area contributed by atoms with Crippen molar-refractivity contribution >= 4 is 52.4 Å². The van der Waals surface area contributed by atoms with Gasteiger partial charge in [-0.1, -0.05) is 23.2 Å². The van der Waals surface area contributed by atoms with E-state index in [2.05, 4.69) is 20.9 Å². The molecule has 0 saturated carbocycles. The number of aliphatic hydroxyl groups excluding tert-OH is 1. The highest BCUT2D eigenvalue weighted by molar-refractivity contribution is 6.30. The van der Waals surface area contributed by atoms with E-state index in [-0.39, 0.29) is 35.8 Å². The lowest BCUT2D eigenvalue weighted by atomic mass is 10.1. The van der Waals surface area contributed by atoms with Crippen LogP contribution >= 0.6 is 23.2 Å². The maximum absolute atomic E-state index is 12.4. The molecule has 1 aliphatic heterocycles. The topological polar surface area (TPSA) is 139 Å². The van der Waals surface area contributed by atoms with Crippen LogP contribution in [-0.4, -0.2) is 41.0 Å². The van der Waals surface area contributed by atoms with Crippen molar-refractivity contribution in [2.75, 3.05) is 23.8 Å². The Morgan fingerprint density at radius 2 is 1.43 bits per heavy atom. The Kier molecular flexibility index (Phi) is 7.35. The summed E-state index contributed by atoms with van der Waals surface area (Å²) >= 11 is 11.6. The average Bonchev–Trinajstić information content (AvgIpc) is 3.14. The Hall–Kier alpha value is -3.86. The molecule has 3 aromatic rings. The summed E-state index contributed by atoms with van der Waals surface area (Å²) in [7, 11) is 0. The molecule has 1 atom stereocenters. The molecule has 2 heterocycles. The zero-order valence-electron chi connectivity index (χ0n) is 17.9. The molecular weight excluding hydrogens is 499 g/mol. The van der Waals surface area contributed by atoms with Crippen molar-refractivity contribution in [3.8, 4) is 11.5 Å². The Morgan fingerprint density at radius 1 is 0.914 bits per heavy atom. The van der Waals surface area contributed by atoms with Crippen LogP contribution in [0.4, 0.5) is 11.5 Å². The van der Waals surface area contributed by atoms with Gasteiger partial charge in [0, 0.05) is 10.0 Å². The summed E-state index contributed by atoms with van der Waals surface area (Å²) in [4.78, 5) is 41.2. The summed E-state index contributed by atoms with van der Waals surface area (Å²) in [6, 6.07) is 12.9. The highest BCUT2D eigenvalue weighted by Gasteiger charge is 2.34. The van der Waals surface area contributed by atoms with Crippen LogP contribution in [0, 0.1) is 0 Å². The van der Waals surface area contributed by atoms with Crippen LogP contribution in [0.25, 0.3) is 0 Å². The number of aliphatic hydroxyl groups is 1. The molecule has 180 valence electrons. The van der Waals surface area contributed by atoms with Gasteiger partial charge in [0.15, 0.2) is 19.4 Å². The molecule has 0 fully saturated rings. The highest BCUT2D eigenvalue weighted by Crippen LogP contribution is 2.34. The summed E-state index contributed by atoms with van der Waals surface area (Å²) in [6.07, 6.45) is -0.230. The maximum atomic E-state index is 12.4. The van der Waals surface area contributed by atoms with Gasteiger partial charge in [-0.25, -0.2) is 4.98 Å². The van der Waals surface area contributed by atoms with E-state index in [0.717, 1.165) is 0 Å². The fourth-order valence-corrected chi connectivity index (χ4v) is 3.47. The second kappa shape index (κ2) is 10.6. The van der Waals surface area contributed by atoms with Crippen molar-refractivity contribution in [1.82, 2.24) is 10.3 Å². The fourth-order valence-electron chi connectivity index (χ4n) is 3.21. The lowest BCUT2D eigenvalue weighted by molar-refractivity contribution is -0.118. The molecule has 1 aliphatic rings. The molecule has 12 heteroatoms. The van der Waals surface area contributed by atoms with Crippen molar-refractivity contribution in [2.45, 2.75) is 6.23 Å². The van der Waals surface area contributed by atoms with Crippen molar-refractivity contribution in [1.29, 1.82) is 0 Å². The van der Waals surface area contributed by atoms with E-state index >= 15 is 0 Å². The lowest BCUT2D eigenvalue weighted by Gasteiger charge is -2.14. The van der Waals surface area contributed by atoms with Crippen LogP contribution < -0.4 is 25.4 Å². The number of rotatable bonds is 8. The minimum atomic E-state index is -1.43. The third-order valence-electron chi connectivity index (χ3n) is 4.78. The number of anilines is 2. The predicted octanol–water partition coefficient (Wildman–Crippen LogP) is 3.16. The first kappa shape index (κ1) is 24.3.